The van der Waals surface area contributed by atoms with Gasteiger partial charge in [-0.15, -0.1) is 11.6 Å². The molecule has 2 aromatic rings. The van der Waals surface area contributed by atoms with Crippen molar-refractivity contribution in [2.75, 3.05) is 19.6 Å². The van der Waals surface area contributed by atoms with Crippen LogP contribution in [0.3, 0.4) is 0 Å². The largest absolute Gasteiger partial charge is 0.385 e. The molecule has 3 nitrogen and oxygen atoms in total. The van der Waals surface area contributed by atoms with E-state index >= 15 is 0 Å². The van der Waals surface area contributed by atoms with Crippen LogP contribution in [-0.4, -0.2) is 29.1 Å². The molecule has 1 aromatic heterocycles. The van der Waals surface area contributed by atoms with Gasteiger partial charge in [0.05, 0.1) is 5.52 Å². The van der Waals surface area contributed by atoms with Crippen molar-refractivity contribution in [2.45, 2.75) is 19.4 Å². The number of rotatable bonds is 6. The van der Waals surface area contributed by atoms with E-state index in [9.17, 15) is 4.39 Å². The molecule has 0 amide bonds. The first-order valence-corrected chi connectivity index (χ1v) is 6.50. The second-order valence-electron chi connectivity index (χ2n) is 4.07. The molecule has 0 N–H and O–H groups in total. The summed E-state index contributed by atoms with van der Waals surface area (Å²) in [5.74, 6) is 1.03. The van der Waals surface area contributed by atoms with Crippen LogP contribution in [0.2, 0.25) is 0 Å². The van der Waals surface area contributed by atoms with E-state index in [1.807, 2.05) is 10.6 Å². The summed E-state index contributed by atoms with van der Waals surface area (Å²) >= 11 is 5.76. The van der Waals surface area contributed by atoms with Gasteiger partial charge in [-0.3, -0.25) is 0 Å². The lowest BCUT2D eigenvalue weighted by Gasteiger charge is -2.07. The van der Waals surface area contributed by atoms with Gasteiger partial charge in [0.25, 0.3) is 0 Å². The van der Waals surface area contributed by atoms with Gasteiger partial charge < -0.3 is 9.30 Å². The summed E-state index contributed by atoms with van der Waals surface area (Å²) in [6, 6.07) is 5.02. The van der Waals surface area contributed by atoms with Crippen molar-refractivity contribution >= 4 is 22.6 Å². The van der Waals surface area contributed by atoms with Crippen molar-refractivity contribution in [2.24, 2.45) is 0 Å². The number of halogens is 2. The number of para-hydroxylation sites is 1. The lowest BCUT2D eigenvalue weighted by atomic mass is 10.3. The van der Waals surface area contributed by atoms with E-state index in [2.05, 4.69) is 4.98 Å². The molecule has 2 rings (SSSR count). The molecule has 0 aliphatic rings. The van der Waals surface area contributed by atoms with Crippen LogP contribution >= 0.6 is 11.6 Å². The summed E-state index contributed by atoms with van der Waals surface area (Å²) in [7, 11) is 1.67. The highest BCUT2D eigenvalue weighted by Gasteiger charge is 2.12. The Balaban J connectivity index is 2.39. The SMILES string of the molecule is COCCCn1c(CCCl)nc2c(F)cccc21. The van der Waals surface area contributed by atoms with Crippen LogP contribution in [0.1, 0.15) is 12.2 Å². The minimum atomic E-state index is -0.284. The van der Waals surface area contributed by atoms with E-state index in [-0.39, 0.29) is 5.82 Å². The third-order valence-electron chi connectivity index (χ3n) is 2.86. The Hall–Kier alpha value is -1.13. The fourth-order valence-corrected chi connectivity index (χ4v) is 2.22. The monoisotopic (exact) mass is 270 g/mol. The van der Waals surface area contributed by atoms with Crippen molar-refractivity contribution < 1.29 is 9.13 Å². The van der Waals surface area contributed by atoms with Crippen molar-refractivity contribution in [3.05, 3.63) is 29.8 Å². The van der Waals surface area contributed by atoms with Gasteiger partial charge in [0.2, 0.25) is 0 Å². The molecule has 0 saturated heterocycles. The first-order chi connectivity index (χ1) is 8.77. The average molecular weight is 271 g/mol. The summed E-state index contributed by atoms with van der Waals surface area (Å²) in [6.07, 6.45) is 1.51. The molecule has 5 heteroatoms. The Bertz CT molecular complexity index is 527. The van der Waals surface area contributed by atoms with Gasteiger partial charge in [-0.2, -0.15) is 0 Å². The molecule has 0 aliphatic carbocycles. The standard InChI is InChI=1S/C13H16ClFN2O/c1-18-9-3-8-17-11-5-2-4-10(15)13(11)16-12(17)6-7-14/h2,4-5H,3,6-9H2,1H3. The Morgan fingerprint density at radius 2 is 2.28 bits per heavy atom. The maximum Gasteiger partial charge on any atom is 0.151 e. The van der Waals surface area contributed by atoms with Gasteiger partial charge in [-0.25, -0.2) is 9.37 Å². The zero-order valence-corrected chi connectivity index (χ0v) is 11.1. The third-order valence-corrected chi connectivity index (χ3v) is 3.05. The molecule has 0 aliphatic heterocycles. The molecule has 0 atom stereocenters. The third kappa shape index (κ3) is 2.65. The van der Waals surface area contributed by atoms with E-state index in [0.717, 1.165) is 24.3 Å². The predicted octanol–water partition coefficient (Wildman–Crippen LogP) is 2.99. The van der Waals surface area contributed by atoms with Crippen LogP contribution in [-0.2, 0) is 17.7 Å². The van der Waals surface area contributed by atoms with E-state index < -0.39 is 0 Å². The number of fused-ring (bicyclic) bond motifs is 1. The number of alkyl halides is 1. The molecule has 0 saturated carbocycles. The van der Waals surface area contributed by atoms with Gasteiger partial charge in [0.15, 0.2) is 5.82 Å². The molecule has 1 aromatic carbocycles. The molecule has 0 bridgehead atoms. The zero-order valence-electron chi connectivity index (χ0n) is 10.3. The number of imidazole rings is 1. The predicted molar refractivity (Wildman–Crippen MR) is 70.6 cm³/mol. The molecule has 18 heavy (non-hydrogen) atoms. The number of benzene rings is 1. The second kappa shape index (κ2) is 6.16. The molecule has 1 heterocycles. The maximum atomic E-state index is 13.7. The topological polar surface area (TPSA) is 27.1 Å². The van der Waals surface area contributed by atoms with Crippen LogP contribution in [0, 0.1) is 5.82 Å². The Morgan fingerprint density at radius 1 is 1.44 bits per heavy atom. The number of methoxy groups -OCH3 is 1. The minimum absolute atomic E-state index is 0.284. The summed E-state index contributed by atoms with van der Waals surface area (Å²) in [5, 5.41) is 0. The lowest BCUT2D eigenvalue weighted by molar-refractivity contribution is 0.190. The zero-order chi connectivity index (χ0) is 13.0. The van der Waals surface area contributed by atoms with Crippen LogP contribution in [0.5, 0.6) is 0 Å². The molecular weight excluding hydrogens is 255 g/mol. The van der Waals surface area contributed by atoms with E-state index in [1.54, 1.807) is 13.2 Å². The average Bonchev–Trinajstić information content (AvgIpc) is 2.70. The van der Waals surface area contributed by atoms with Crippen molar-refractivity contribution in [3.63, 3.8) is 0 Å². The van der Waals surface area contributed by atoms with Crippen LogP contribution in [0.25, 0.3) is 11.0 Å². The molecule has 98 valence electrons. The van der Waals surface area contributed by atoms with Gasteiger partial charge in [0, 0.05) is 32.6 Å². The van der Waals surface area contributed by atoms with Crippen LogP contribution in [0.4, 0.5) is 4.39 Å². The first kappa shape index (κ1) is 13.3. The summed E-state index contributed by atoms with van der Waals surface area (Å²) in [4.78, 5) is 4.34. The summed E-state index contributed by atoms with van der Waals surface area (Å²) in [5.41, 5.74) is 1.25. The Morgan fingerprint density at radius 3 is 3.00 bits per heavy atom. The van der Waals surface area contributed by atoms with Gasteiger partial charge in [-0.1, -0.05) is 6.07 Å². The van der Waals surface area contributed by atoms with Crippen LogP contribution < -0.4 is 0 Å². The van der Waals surface area contributed by atoms with Crippen LogP contribution in [0.15, 0.2) is 18.2 Å². The highest BCUT2D eigenvalue weighted by Crippen LogP contribution is 2.20. The van der Waals surface area contributed by atoms with Crippen molar-refractivity contribution in [3.8, 4) is 0 Å². The molecule has 0 unspecified atom stereocenters. The van der Waals surface area contributed by atoms with Gasteiger partial charge in [0.1, 0.15) is 11.3 Å². The Labute approximate surface area is 111 Å². The van der Waals surface area contributed by atoms with Gasteiger partial charge >= 0.3 is 0 Å². The minimum Gasteiger partial charge on any atom is -0.385 e. The summed E-state index contributed by atoms with van der Waals surface area (Å²) < 4.78 is 20.7. The lowest BCUT2D eigenvalue weighted by Crippen LogP contribution is -2.06. The van der Waals surface area contributed by atoms with Gasteiger partial charge in [-0.05, 0) is 18.6 Å². The number of aromatic nitrogens is 2. The highest BCUT2D eigenvalue weighted by atomic mass is 35.5. The number of ether oxygens (including phenoxy) is 1. The highest BCUT2D eigenvalue weighted by molar-refractivity contribution is 6.17. The summed E-state index contributed by atoms with van der Waals surface area (Å²) in [6.45, 7) is 1.44. The normalized spacial score (nSPS) is 11.3. The number of hydrogen-bond acceptors (Lipinski definition) is 2. The van der Waals surface area contributed by atoms with E-state index in [0.29, 0.717) is 24.4 Å². The number of hydrogen-bond donors (Lipinski definition) is 0. The van der Waals surface area contributed by atoms with E-state index in [4.69, 9.17) is 16.3 Å². The maximum absolute atomic E-state index is 13.7. The number of nitrogens with zero attached hydrogens (tertiary/aromatic N) is 2. The smallest absolute Gasteiger partial charge is 0.151 e. The van der Waals surface area contributed by atoms with Crippen molar-refractivity contribution in [1.29, 1.82) is 0 Å². The molecule has 0 spiro atoms. The fourth-order valence-electron chi connectivity index (χ4n) is 2.05. The first-order valence-electron chi connectivity index (χ1n) is 5.96. The van der Waals surface area contributed by atoms with Crippen molar-refractivity contribution in [1.82, 2.24) is 9.55 Å². The second-order valence-corrected chi connectivity index (χ2v) is 4.45. The number of aryl methyl sites for hydroxylation is 2. The van der Waals surface area contributed by atoms with E-state index in [1.165, 1.54) is 6.07 Å². The Kier molecular flexibility index (Phi) is 4.55. The fraction of sp³-hybridized carbons (Fsp3) is 0.462. The molecule has 0 radical (unpaired) electrons. The molecule has 0 fully saturated rings. The molecular formula is C13H16ClFN2O. The quantitative estimate of drug-likeness (QED) is 0.596.